The minimum Gasteiger partial charge on any atom is -0.496 e. The second-order valence-electron chi connectivity index (χ2n) is 3.97. The van der Waals surface area contributed by atoms with E-state index in [1.165, 1.54) is 24.3 Å². The molecule has 0 aliphatic heterocycles. The van der Waals surface area contributed by atoms with Crippen LogP contribution in [-0.4, -0.2) is 26.3 Å². The van der Waals surface area contributed by atoms with Crippen LogP contribution in [0.3, 0.4) is 0 Å². The van der Waals surface area contributed by atoms with Crippen molar-refractivity contribution in [3.8, 4) is 5.75 Å². The van der Waals surface area contributed by atoms with Crippen molar-refractivity contribution >= 4 is 22.0 Å². The average Bonchev–Trinajstić information content (AvgIpc) is 2.45. The van der Waals surface area contributed by atoms with Gasteiger partial charge in [0.2, 0.25) is 0 Å². The Morgan fingerprint density at radius 2 is 1.75 bits per heavy atom. The molecule has 0 saturated heterocycles. The second kappa shape index (κ2) is 5.85. The molecule has 0 bridgehead atoms. The fourth-order valence-electron chi connectivity index (χ4n) is 1.62. The Labute approximate surface area is 117 Å². The molecule has 0 unspecified atom stereocenters. The Morgan fingerprint density at radius 1 is 1.10 bits per heavy atom. The largest absolute Gasteiger partial charge is 0.496 e. The van der Waals surface area contributed by atoms with Gasteiger partial charge in [-0.1, -0.05) is 12.1 Å². The van der Waals surface area contributed by atoms with Crippen LogP contribution in [-0.2, 0) is 10.1 Å². The van der Waals surface area contributed by atoms with Crippen molar-refractivity contribution in [3.05, 3.63) is 54.1 Å². The van der Waals surface area contributed by atoms with Crippen LogP contribution in [0.1, 0.15) is 5.56 Å². The van der Waals surface area contributed by atoms with Gasteiger partial charge < -0.3 is 4.74 Å². The van der Waals surface area contributed by atoms with Gasteiger partial charge in [-0.15, -0.1) is 0 Å². The number of benzene rings is 2. The highest BCUT2D eigenvalue weighted by atomic mass is 32.2. The first-order chi connectivity index (χ1) is 9.50. The van der Waals surface area contributed by atoms with Crippen molar-refractivity contribution in [2.75, 3.05) is 7.11 Å². The van der Waals surface area contributed by atoms with Gasteiger partial charge in [0.1, 0.15) is 5.75 Å². The molecular weight excluding hydrogens is 278 g/mol. The van der Waals surface area contributed by atoms with E-state index in [2.05, 4.69) is 4.99 Å². The Morgan fingerprint density at radius 3 is 2.35 bits per heavy atom. The SMILES string of the molecule is COc1ccccc1C=Nc1ccc(S(=O)(=O)O)cc1. The van der Waals surface area contributed by atoms with Crippen LogP contribution in [0.2, 0.25) is 0 Å². The van der Waals surface area contributed by atoms with Crippen LogP contribution in [0, 0.1) is 0 Å². The normalized spacial score (nSPS) is 11.7. The summed E-state index contributed by atoms with van der Waals surface area (Å²) in [6.45, 7) is 0. The number of rotatable bonds is 4. The fraction of sp³-hybridized carbons (Fsp3) is 0.0714. The number of nitrogens with zero attached hydrogens (tertiary/aromatic N) is 1. The van der Waals surface area contributed by atoms with Gasteiger partial charge >= 0.3 is 0 Å². The van der Waals surface area contributed by atoms with Gasteiger partial charge in [0.25, 0.3) is 10.1 Å². The summed E-state index contributed by atoms with van der Waals surface area (Å²) in [5.41, 5.74) is 1.39. The van der Waals surface area contributed by atoms with E-state index < -0.39 is 10.1 Å². The first-order valence-electron chi connectivity index (χ1n) is 5.75. The lowest BCUT2D eigenvalue weighted by Gasteiger charge is -2.03. The quantitative estimate of drug-likeness (QED) is 0.694. The van der Waals surface area contributed by atoms with Crippen LogP contribution in [0.15, 0.2) is 58.4 Å². The standard InChI is InChI=1S/C14H13NO4S/c1-19-14-5-3-2-4-11(14)10-15-12-6-8-13(9-7-12)20(16,17)18/h2-10H,1H3,(H,16,17,18). The molecule has 0 aromatic heterocycles. The highest BCUT2D eigenvalue weighted by molar-refractivity contribution is 7.85. The minimum atomic E-state index is -4.17. The lowest BCUT2D eigenvalue weighted by atomic mass is 10.2. The summed E-state index contributed by atoms with van der Waals surface area (Å²) in [5, 5.41) is 0. The molecule has 6 heteroatoms. The molecule has 104 valence electrons. The number of para-hydroxylation sites is 1. The van der Waals surface area contributed by atoms with Crippen molar-refractivity contribution in [1.82, 2.24) is 0 Å². The molecule has 0 aliphatic rings. The third kappa shape index (κ3) is 3.43. The molecule has 2 aromatic carbocycles. The lowest BCUT2D eigenvalue weighted by molar-refractivity contribution is 0.414. The molecule has 0 radical (unpaired) electrons. The zero-order chi connectivity index (χ0) is 14.6. The van der Waals surface area contributed by atoms with Gasteiger partial charge in [-0.25, -0.2) is 0 Å². The molecule has 0 saturated carbocycles. The summed E-state index contributed by atoms with van der Waals surface area (Å²) in [7, 11) is -2.59. The van der Waals surface area contributed by atoms with E-state index in [4.69, 9.17) is 9.29 Å². The number of hydrogen-bond donors (Lipinski definition) is 1. The molecule has 0 atom stereocenters. The molecule has 5 nitrogen and oxygen atoms in total. The molecule has 0 spiro atoms. The van der Waals surface area contributed by atoms with Crippen LogP contribution in [0.5, 0.6) is 5.75 Å². The summed E-state index contributed by atoms with van der Waals surface area (Å²) in [6, 6.07) is 13.0. The topological polar surface area (TPSA) is 76.0 Å². The van der Waals surface area contributed by atoms with Crippen molar-refractivity contribution < 1.29 is 17.7 Å². The van der Waals surface area contributed by atoms with E-state index in [0.29, 0.717) is 11.4 Å². The maximum absolute atomic E-state index is 10.9. The summed E-state index contributed by atoms with van der Waals surface area (Å²) < 4.78 is 35.9. The zero-order valence-corrected chi connectivity index (χ0v) is 11.5. The van der Waals surface area contributed by atoms with Crippen LogP contribution in [0.4, 0.5) is 5.69 Å². The average molecular weight is 291 g/mol. The third-order valence-electron chi connectivity index (χ3n) is 2.63. The van der Waals surface area contributed by atoms with Gasteiger partial charge in [-0.05, 0) is 36.4 Å². The van der Waals surface area contributed by atoms with E-state index in [1.54, 1.807) is 13.3 Å². The van der Waals surface area contributed by atoms with Crippen LogP contribution < -0.4 is 4.74 Å². The van der Waals surface area contributed by atoms with Crippen molar-refractivity contribution in [1.29, 1.82) is 0 Å². The fourth-order valence-corrected chi connectivity index (χ4v) is 2.10. The molecule has 0 fully saturated rings. The Hall–Kier alpha value is -2.18. The number of aliphatic imine (C=N–C) groups is 1. The smallest absolute Gasteiger partial charge is 0.294 e. The van der Waals surface area contributed by atoms with E-state index in [0.717, 1.165) is 5.56 Å². The second-order valence-corrected chi connectivity index (χ2v) is 5.39. The molecule has 20 heavy (non-hydrogen) atoms. The zero-order valence-electron chi connectivity index (χ0n) is 10.7. The van der Waals surface area contributed by atoms with Gasteiger partial charge in [0.15, 0.2) is 0 Å². The van der Waals surface area contributed by atoms with E-state index >= 15 is 0 Å². The molecular formula is C14H13NO4S. The monoisotopic (exact) mass is 291 g/mol. The van der Waals surface area contributed by atoms with Gasteiger partial charge in [0, 0.05) is 11.8 Å². The maximum atomic E-state index is 10.9. The predicted molar refractivity (Wildman–Crippen MR) is 76.5 cm³/mol. The first-order valence-corrected chi connectivity index (χ1v) is 7.19. The summed E-state index contributed by atoms with van der Waals surface area (Å²) in [5.74, 6) is 0.700. The summed E-state index contributed by atoms with van der Waals surface area (Å²) >= 11 is 0. The molecule has 0 heterocycles. The molecule has 0 aliphatic carbocycles. The van der Waals surface area contributed by atoms with E-state index in [1.807, 2.05) is 24.3 Å². The summed E-state index contributed by atoms with van der Waals surface area (Å²) in [6.07, 6.45) is 1.63. The molecule has 1 N–H and O–H groups in total. The van der Waals surface area contributed by atoms with Crippen molar-refractivity contribution in [3.63, 3.8) is 0 Å². The number of ether oxygens (including phenoxy) is 1. The van der Waals surface area contributed by atoms with Crippen LogP contribution >= 0.6 is 0 Å². The minimum absolute atomic E-state index is 0.159. The first kappa shape index (κ1) is 14.2. The predicted octanol–water partition coefficient (Wildman–Crippen LogP) is 2.69. The number of hydrogen-bond acceptors (Lipinski definition) is 4. The third-order valence-corrected chi connectivity index (χ3v) is 3.49. The van der Waals surface area contributed by atoms with E-state index in [9.17, 15) is 8.42 Å². The van der Waals surface area contributed by atoms with Crippen LogP contribution in [0.25, 0.3) is 0 Å². The highest BCUT2D eigenvalue weighted by Crippen LogP contribution is 2.19. The summed E-state index contributed by atoms with van der Waals surface area (Å²) in [4.78, 5) is 4.07. The molecule has 0 amide bonds. The van der Waals surface area contributed by atoms with Gasteiger partial charge in [0.05, 0.1) is 17.7 Å². The van der Waals surface area contributed by atoms with Crippen molar-refractivity contribution in [2.45, 2.75) is 4.90 Å². The lowest BCUT2D eigenvalue weighted by Crippen LogP contribution is -1.96. The van der Waals surface area contributed by atoms with E-state index in [-0.39, 0.29) is 4.90 Å². The Bertz CT molecular complexity index is 721. The highest BCUT2D eigenvalue weighted by Gasteiger charge is 2.07. The Kier molecular flexibility index (Phi) is 4.16. The Balaban J connectivity index is 2.24. The number of methoxy groups -OCH3 is 1. The molecule has 2 aromatic rings. The maximum Gasteiger partial charge on any atom is 0.294 e. The molecule has 2 rings (SSSR count). The van der Waals surface area contributed by atoms with Gasteiger partial charge in [-0.2, -0.15) is 8.42 Å². The van der Waals surface area contributed by atoms with Crippen molar-refractivity contribution in [2.24, 2.45) is 4.99 Å². The van der Waals surface area contributed by atoms with Gasteiger partial charge in [-0.3, -0.25) is 9.55 Å².